The van der Waals surface area contributed by atoms with Crippen LogP contribution in [0.25, 0.3) is 0 Å². The van der Waals surface area contributed by atoms with E-state index in [0.717, 1.165) is 16.3 Å². The van der Waals surface area contributed by atoms with Gasteiger partial charge in [0.15, 0.2) is 7.85 Å². The first-order valence-corrected chi connectivity index (χ1v) is 12.0. The SMILES string of the molecule is Bc1ccc([C@@H](CNC(C)C)C(=O)N2CCN(c3ncnc4c3[C@H](C)C[C@@H]4F)CC2)s1. The van der Waals surface area contributed by atoms with Crippen molar-refractivity contribution in [2.24, 2.45) is 0 Å². The van der Waals surface area contributed by atoms with Gasteiger partial charge in [-0.05, 0) is 23.2 Å². The molecule has 1 aliphatic heterocycles. The van der Waals surface area contributed by atoms with Gasteiger partial charge >= 0.3 is 0 Å². The number of carbonyl (C=O) groups is 1. The van der Waals surface area contributed by atoms with E-state index in [2.05, 4.69) is 54.0 Å². The molecule has 0 unspecified atom stereocenters. The number of nitrogens with one attached hydrogen (secondary N) is 1. The zero-order chi connectivity index (χ0) is 22.1. The summed E-state index contributed by atoms with van der Waals surface area (Å²) >= 11 is 1.70. The first kappa shape index (κ1) is 22.2. The van der Waals surface area contributed by atoms with Crippen LogP contribution in [0, 0.1) is 0 Å². The minimum absolute atomic E-state index is 0.120. The second-order valence-corrected chi connectivity index (χ2v) is 10.3. The lowest BCUT2D eigenvalue weighted by Crippen LogP contribution is -2.51. The standard InChI is InChI=1S/C22H31BFN5OS/c1-13(2)25-11-15(17-4-5-18(23)31-17)22(30)29-8-6-28(7-9-29)21-19-14(3)10-16(24)20(19)26-12-27-21/h4-5,12-16,25H,6-11,23H2,1-3H3/t14-,15-,16+/m1/s1. The van der Waals surface area contributed by atoms with Gasteiger partial charge in [0.2, 0.25) is 5.91 Å². The average Bonchev–Trinajstić information content (AvgIpc) is 3.31. The van der Waals surface area contributed by atoms with Crippen LogP contribution in [0.2, 0.25) is 0 Å². The van der Waals surface area contributed by atoms with Gasteiger partial charge in [-0.2, -0.15) is 11.3 Å². The molecule has 166 valence electrons. The molecule has 6 nitrogen and oxygen atoms in total. The molecule has 9 heteroatoms. The number of fused-ring (bicyclic) bond motifs is 1. The van der Waals surface area contributed by atoms with E-state index >= 15 is 0 Å². The van der Waals surface area contributed by atoms with Crippen molar-refractivity contribution in [3.8, 4) is 0 Å². The highest BCUT2D eigenvalue weighted by atomic mass is 32.1. The first-order valence-electron chi connectivity index (χ1n) is 11.2. The third-order valence-corrected chi connectivity index (χ3v) is 7.38. The Bertz CT molecular complexity index is 930. The van der Waals surface area contributed by atoms with Crippen LogP contribution in [0.4, 0.5) is 10.2 Å². The summed E-state index contributed by atoms with van der Waals surface area (Å²) in [6.45, 7) is 9.58. The predicted molar refractivity (Wildman–Crippen MR) is 126 cm³/mol. The molecule has 0 spiro atoms. The van der Waals surface area contributed by atoms with Crippen LogP contribution in [-0.4, -0.2) is 67.4 Å². The van der Waals surface area contributed by atoms with Gasteiger partial charge in [0.05, 0.1) is 11.6 Å². The Hall–Kier alpha value is -2.00. The van der Waals surface area contributed by atoms with Gasteiger partial charge in [-0.3, -0.25) is 4.79 Å². The van der Waals surface area contributed by atoms with Crippen LogP contribution in [0.15, 0.2) is 18.5 Å². The highest BCUT2D eigenvalue weighted by Gasteiger charge is 2.36. The Morgan fingerprint density at radius 1 is 1.29 bits per heavy atom. The van der Waals surface area contributed by atoms with Crippen molar-refractivity contribution in [1.29, 1.82) is 0 Å². The van der Waals surface area contributed by atoms with E-state index in [9.17, 15) is 9.18 Å². The summed E-state index contributed by atoms with van der Waals surface area (Å²) in [6.07, 6.45) is 0.950. The van der Waals surface area contributed by atoms with Crippen molar-refractivity contribution >= 4 is 35.7 Å². The van der Waals surface area contributed by atoms with E-state index < -0.39 is 6.17 Å². The molecule has 1 N–H and O–H groups in total. The molecule has 1 saturated heterocycles. The summed E-state index contributed by atoms with van der Waals surface area (Å²) in [4.78, 5) is 27.4. The molecular formula is C22H31BFN5OS. The summed E-state index contributed by atoms with van der Waals surface area (Å²) in [6, 6.07) is 4.50. The van der Waals surface area contributed by atoms with E-state index in [1.807, 2.05) is 11.8 Å². The van der Waals surface area contributed by atoms with Crippen molar-refractivity contribution < 1.29 is 9.18 Å². The average molecular weight is 443 g/mol. The molecule has 1 aliphatic carbocycles. The molecule has 31 heavy (non-hydrogen) atoms. The lowest BCUT2D eigenvalue weighted by Gasteiger charge is -2.38. The number of rotatable bonds is 6. The highest BCUT2D eigenvalue weighted by molar-refractivity contribution is 7.20. The number of amides is 1. The third-order valence-electron chi connectivity index (χ3n) is 6.27. The number of alkyl halides is 1. The number of piperazine rings is 1. The van der Waals surface area contributed by atoms with Crippen molar-refractivity contribution in [3.63, 3.8) is 0 Å². The molecule has 0 saturated carbocycles. The molecule has 2 aromatic rings. The van der Waals surface area contributed by atoms with E-state index in [-0.39, 0.29) is 17.7 Å². The second-order valence-electron chi connectivity index (χ2n) is 8.98. The molecule has 2 aromatic heterocycles. The molecular weight excluding hydrogens is 412 g/mol. The lowest BCUT2D eigenvalue weighted by molar-refractivity contribution is -0.133. The van der Waals surface area contributed by atoms with Crippen LogP contribution in [0.1, 0.15) is 61.3 Å². The maximum Gasteiger partial charge on any atom is 0.232 e. The zero-order valence-electron chi connectivity index (χ0n) is 18.8. The van der Waals surface area contributed by atoms with Gasteiger partial charge < -0.3 is 15.1 Å². The highest BCUT2D eigenvalue weighted by Crippen LogP contribution is 2.44. The monoisotopic (exact) mass is 443 g/mol. The molecule has 0 bridgehead atoms. The largest absolute Gasteiger partial charge is 0.353 e. The zero-order valence-corrected chi connectivity index (χ0v) is 19.6. The molecule has 1 fully saturated rings. The van der Waals surface area contributed by atoms with Crippen LogP contribution in [0.3, 0.4) is 0 Å². The number of carbonyl (C=O) groups excluding carboxylic acids is 1. The van der Waals surface area contributed by atoms with Gasteiger partial charge in [-0.15, -0.1) is 0 Å². The first-order chi connectivity index (χ1) is 14.8. The molecule has 0 radical (unpaired) electrons. The molecule has 2 aliphatic rings. The maximum absolute atomic E-state index is 14.3. The van der Waals surface area contributed by atoms with Crippen LogP contribution < -0.4 is 15.0 Å². The van der Waals surface area contributed by atoms with Gasteiger partial charge in [0.1, 0.15) is 18.3 Å². The number of hydrogen-bond acceptors (Lipinski definition) is 6. The van der Waals surface area contributed by atoms with Crippen molar-refractivity contribution in [1.82, 2.24) is 20.2 Å². The van der Waals surface area contributed by atoms with Gasteiger partial charge in [-0.25, -0.2) is 14.4 Å². The number of halogens is 1. The molecule has 3 atom stereocenters. The Labute approximate surface area is 188 Å². The second kappa shape index (κ2) is 9.24. The van der Waals surface area contributed by atoms with Gasteiger partial charge in [-0.1, -0.05) is 26.8 Å². The Morgan fingerprint density at radius 3 is 2.68 bits per heavy atom. The fraction of sp³-hybridized carbons (Fsp3) is 0.591. The van der Waals surface area contributed by atoms with Crippen molar-refractivity contribution in [3.05, 3.63) is 34.6 Å². The van der Waals surface area contributed by atoms with Crippen LogP contribution in [0.5, 0.6) is 0 Å². The molecule has 3 heterocycles. The summed E-state index contributed by atoms with van der Waals surface area (Å²) < 4.78 is 15.5. The fourth-order valence-corrected chi connectivity index (χ4v) is 5.55. The quantitative estimate of drug-likeness (QED) is 0.690. The normalized spacial score (nSPS) is 22.1. The fourth-order valence-electron chi connectivity index (χ4n) is 4.58. The minimum atomic E-state index is -1.00. The Morgan fingerprint density at radius 2 is 2.03 bits per heavy atom. The van der Waals surface area contributed by atoms with Crippen molar-refractivity contribution in [2.45, 2.75) is 51.2 Å². The Kier molecular flexibility index (Phi) is 6.62. The minimum Gasteiger partial charge on any atom is -0.353 e. The third kappa shape index (κ3) is 4.62. The smallest absolute Gasteiger partial charge is 0.232 e. The number of nitrogens with zero attached hydrogens (tertiary/aromatic N) is 4. The molecule has 4 rings (SSSR count). The summed E-state index contributed by atoms with van der Waals surface area (Å²) in [5.41, 5.74) is 1.49. The number of hydrogen-bond donors (Lipinski definition) is 1. The predicted octanol–water partition coefficient (Wildman–Crippen LogP) is 1.74. The van der Waals surface area contributed by atoms with E-state index in [4.69, 9.17) is 0 Å². The van der Waals surface area contributed by atoms with Gasteiger partial charge in [0, 0.05) is 49.2 Å². The summed E-state index contributed by atoms with van der Waals surface area (Å²) in [5.74, 6) is 0.981. The van der Waals surface area contributed by atoms with Crippen LogP contribution in [-0.2, 0) is 4.79 Å². The summed E-state index contributed by atoms with van der Waals surface area (Å²) in [5, 5.41) is 3.44. The molecule has 0 aromatic carbocycles. The molecule has 1 amide bonds. The van der Waals surface area contributed by atoms with E-state index in [0.29, 0.717) is 50.9 Å². The van der Waals surface area contributed by atoms with Crippen LogP contribution >= 0.6 is 11.3 Å². The topological polar surface area (TPSA) is 61.4 Å². The number of thiophene rings is 1. The Balaban J connectivity index is 1.46. The lowest BCUT2D eigenvalue weighted by atomic mass is 10.0. The number of aromatic nitrogens is 2. The summed E-state index contributed by atoms with van der Waals surface area (Å²) in [7, 11) is 2.08. The van der Waals surface area contributed by atoms with Crippen molar-refractivity contribution in [2.75, 3.05) is 37.6 Å². The maximum atomic E-state index is 14.3. The van der Waals surface area contributed by atoms with Gasteiger partial charge in [0.25, 0.3) is 0 Å². The number of anilines is 1. The van der Waals surface area contributed by atoms with E-state index in [1.54, 1.807) is 11.3 Å². The van der Waals surface area contributed by atoms with E-state index in [1.165, 1.54) is 11.1 Å².